The van der Waals surface area contributed by atoms with Crippen molar-refractivity contribution in [2.45, 2.75) is 37.6 Å². The van der Waals surface area contributed by atoms with Crippen molar-refractivity contribution in [1.29, 1.82) is 0 Å². The normalized spacial score (nSPS) is 14.0. The van der Waals surface area contributed by atoms with Gasteiger partial charge >= 0.3 is 5.97 Å². The predicted octanol–water partition coefficient (Wildman–Crippen LogP) is 4.47. The Hall–Kier alpha value is -2.27. The van der Waals surface area contributed by atoms with E-state index in [1.165, 1.54) is 30.7 Å². The first-order valence-corrected chi connectivity index (χ1v) is 9.21. The van der Waals surface area contributed by atoms with E-state index in [1.54, 1.807) is 5.41 Å². The minimum Gasteiger partial charge on any atom is -0.454 e. The highest BCUT2D eigenvalue weighted by molar-refractivity contribution is 8.02. The Bertz CT molecular complexity index is 804. The third kappa shape index (κ3) is 4.42. The minimum absolute atomic E-state index is 0.155. The number of rotatable bonds is 7. The molecule has 1 fully saturated rings. The smallest absolute Gasteiger partial charge is 0.331 e. The lowest BCUT2D eigenvalue weighted by atomic mass is 10.1. The number of esters is 1. The summed E-state index contributed by atoms with van der Waals surface area (Å²) in [5.41, 5.74) is 2.71. The molecule has 1 heterocycles. The number of benzene rings is 1. The van der Waals surface area contributed by atoms with Crippen LogP contribution in [0.4, 0.5) is 0 Å². The van der Waals surface area contributed by atoms with Gasteiger partial charge in [-0.25, -0.2) is 4.79 Å². The molecular weight excluding hydrogens is 334 g/mol. The van der Waals surface area contributed by atoms with Crippen molar-refractivity contribution < 1.29 is 14.3 Å². The molecule has 0 saturated heterocycles. The van der Waals surface area contributed by atoms with Crippen molar-refractivity contribution in [3.63, 3.8) is 0 Å². The lowest BCUT2D eigenvalue weighted by Gasteiger charge is -2.07. The highest BCUT2D eigenvalue weighted by Gasteiger charge is 2.28. The van der Waals surface area contributed by atoms with Crippen LogP contribution in [0, 0.1) is 13.8 Å². The van der Waals surface area contributed by atoms with Crippen LogP contribution in [0.2, 0.25) is 0 Å². The first-order chi connectivity index (χ1) is 12.1. The molecule has 1 saturated carbocycles. The first kappa shape index (κ1) is 17.5. The maximum atomic E-state index is 12.4. The van der Waals surface area contributed by atoms with Crippen molar-refractivity contribution in [1.82, 2.24) is 4.57 Å². The third-order valence-corrected chi connectivity index (χ3v) is 5.01. The van der Waals surface area contributed by atoms with Crippen molar-refractivity contribution >= 4 is 23.5 Å². The molecule has 0 spiro atoms. The summed E-state index contributed by atoms with van der Waals surface area (Å²) >= 11 is 1.43. The summed E-state index contributed by atoms with van der Waals surface area (Å²) in [6, 6.07) is 12.1. The number of ether oxygens (including phenoxy) is 1. The van der Waals surface area contributed by atoms with Crippen molar-refractivity contribution in [2.24, 2.45) is 0 Å². The fraction of sp³-hybridized carbons (Fsp3) is 0.300. The van der Waals surface area contributed by atoms with Gasteiger partial charge in [0.1, 0.15) is 0 Å². The number of aryl methyl sites for hydroxylation is 1. The topological polar surface area (TPSA) is 48.3 Å². The summed E-state index contributed by atoms with van der Waals surface area (Å²) in [6.07, 6.45) is 3.68. The molecule has 1 aromatic carbocycles. The maximum Gasteiger partial charge on any atom is 0.331 e. The lowest BCUT2D eigenvalue weighted by Crippen LogP contribution is -2.13. The second-order valence-corrected chi connectivity index (χ2v) is 7.13. The quantitative estimate of drug-likeness (QED) is 0.318. The van der Waals surface area contributed by atoms with Crippen LogP contribution in [0.3, 0.4) is 0 Å². The average molecular weight is 355 g/mol. The second-order valence-electron chi connectivity index (χ2n) is 6.15. The number of hydrogen-bond acceptors (Lipinski definition) is 4. The molecule has 2 aromatic rings. The average Bonchev–Trinajstić information content (AvgIpc) is 3.39. The Labute approximate surface area is 151 Å². The zero-order valence-corrected chi connectivity index (χ0v) is 15.2. The number of thioether (sulfide) groups is 1. The second kappa shape index (κ2) is 7.74. The SMILES string of the molecule is Cc1cc(C(=O)COC(=O)/C=C/Sc2ccccc2)c(C)n1C1CC1. The van der Waals surface area contributed by atoms with Gasteiger partial charge < -0.3 is 9.30 Å². The van der Waals surface area contributed by atoms with E-state index in [4.69, 9.17) is 4.74 Å². The fourth-order valence-electron chi connectivity index (χ4n) is 2.88. The lowest BCUT2D eigenvalue weighted by molar-refractivity contribution is -0.136. The molecule has 3 rings (SSSR count). The van der Waals surface area contributed by atoms with E-state index < -0.39 is 5.97 Å². The molecule has 25 heavy (non-hydrogen) atoms. The molecule has 130 valence electrons. The van der Waals surface area contributed by atoms with E-state index in [1.807, 2.05) is 50.2 Å². The highest BCUT2D eigenvalue weighted by Crippen LogP contribution is 2.38. The zero-order valence-electron chi connectivity index (χ0n) is 14.4. The van der Waals surface area contributed by atoms with Crippen molar-refractivity contribution in [3.05, 3.63) is 64.8 Å². The predicted molar refractivity (Wildman–Crippen MR) is 98.9 cm³/mol. The zero-order chi connectivity index (χ0) is 17.8. The van der Waals surface area contributed by atoms with Gasteiger partial charge in [0.05, 0.1) is 0 Å². The number of hydrogen-bond donors (Lipinski definition) is 0. The highest BCUT2D eigenvalue weighted by atomic mass is 32.2. The largest absolute Gasteiger partial charge is 0.454 e. The Morgan fingerprint density at radius 1 is 1.24 bits per heavy atom. The number of Topliss-reactive ketones (excluding diaryl/α,β-unsaturated/α-hetero) is 1. The van der Waals surface area contributed by atoms with Crippen LogP contribution in [0.15, 0.2) is 52.8 Å². The molecule has 0 unspecified atom stereocenters. The number of ketones is 1. The van der Waals surface area contributed by atoms with E-state index in [0.717, 1.165) is 16.3 Å². The molecule has 0 aliphatic heterocycles. The van der Waals surface area contributed by atoms with Gasteiger partial charge in [-0.3, -0.25) is 4.79 Å². The van der Waals surface area contributed by atoms with Crippen LogP contribution in [-0.2, 0) is 9.53 Å². The van der Waals surface area contributed by atoms with Gasteiger partial charge in [0.15, 0.2) is 6.61 Å². The monoisotopic (exact) mass is 355 g/mol. The minimum atomic E-state index is -0.507. The standard InChI is InChI=1S/C20H21NO3S/c1-14-12-18(15(2)21(14)16-8-9-16)19(22)13-24-20(23)10-11-25-17-6-4-3-5-7-17/h3-7,10-12,16H,8-9,13H2,1-2H3/b11-10+. The number of carbonyl (C=O) groups is 2. The summed E-state index contributed by atoms with van der Waals surface area (Å²) in [6.45, 7) is 3.74. The van der Waals surface area contributed by atoms with E-state index in [0.29, 0.717) is 11.6 Å². The van der Waals surface area contributed by atoms with Crippen LogP contribution in [0.5, 0.6) is 0 Å². The molecule has 0 bridgehead atoms. The molecule has 1 aliphatic carbocycles. The Morgan fingerprint density at radius 3 is 2.64 bits per heavy atom. The van der Waals surface area contributed by atoms with Crippen LogP contribution >= 0.6 is 11.8 Å². The van der Waals surface area contributed by atoms with Gasteiger partial charge in [-0.1, -0.05) is 30.0 Å². The van der Waals surface area contributed by atoms with Crippen molar-refractivity contribution in [2.75, 3.05) is 6.61 Å². The molecule has 4 nitrogen and oxygen atoms in total. The van der Waals surface area contributed by atoms with E-state index in [2.05, 4.69) is 4.57 Å². The van der Waals surface area contributed by atoms with Gasteiger partial charge in [-0.05, 0) is 50.3 Å². The van der Waals surface area contributed by atoms with Gasteiger partial charge in [0.25, 0.3) is 0 Å². The molecule has 1 aliphatic rings. The number of nitrogens with zero attached hydrogens (tertiary/aromatic N) is 1. The van der Waals surface area contributed by atoms with Crippen LogP contribution in [0.1, 0.15) is 40.6 Å². The third-order valence-electron chi connectivity index (χ3n) is 4.19. The summed E-state index contributed by atoms with van der Waals surface area (Å²) in [5, 5.41) is 1.67. The van der Waals surface area contributed by atoms with E-state index >= 15 is 0 Å². The molecular formula is C20H21NO3S. The van der Waals surface area contributed by atoms with E-state index in [-0.39, 0.29) is 12.4 Å². The number of aromatic nitrogens is 1. The molecule has 0 atom stereocenters. The van der Waals surface area contributed by atoms with Crippen LogP contribution < -0.4 is 0 Å². The number of carbonyl (C=O) groups excluding carboxylic acids is 2. The fourth-order valence-corrected chi connectivity index (χ4v) is 3.53. The molecule has 0 amide bonds. The van der Waals surface area contributed by atoms with Gasteiger partial charge in [-0.2, -0.15) is 0 Å². The molecule has 0 N–H and O–H groups in total. The molecule has 5 heteroatoms. The first-order valence-electron chi connectivity index (χ1n) is 8.33. The van der Waals surface area contributed by atoms with Gasteiger partial charge in [-0.15, -0.1) is 0 Å². The van der Waals surface area contributed by atoms with Gasteiger partial charge in [0.2, 0.25) is 5.78 Å². The van der Waals surface area contributed by atoms with Crippen LogP contribution in [-0.4, -0.2) is 22.9 Å². The molecule has 0 radical (unpaired) electrons. The molecule has 1 aromatic heterocycles. The van der Waals surface area contributed by atoms with Gasteiger partial charge in [0, 0.05) is 34.0 Å². The summed E-state index contributed by atoms with van der Waals surface area (Å²) in [5.74, 6) is -0.662. The Kier molecular flexibility index (Phi) is 5.43. The van der Waals surface area contributed by atoms with Crippen molar-refractivity contribution in [3.8, 4) is 0 Å². The van der Waals surface area contributed by atoms with E-state index in [9.17, 15) is 9.59 Å². The maximum absolute atomic E-state index is 12.4. The Balaban J connectivity index is 1.52. The summed E-state index contributed by atoms with van der Waals surface area (Å²) in [4.78, 5) is 25.2. The summed E-state index contributed by atoms with van der Waals surface area (Å²) < 4.78 is 7.29. The Morgan fingerprint density at radius 2 is 1.96 bits per heavy atom. The van der Waals surface area contributed by atoms with Crippen LogP contribution in [0.25, 0.3) is 0 Å². The summed E-state index contributed by atoms with van der Waals surface area (Å²) in [7, 11) is 0.